The van der Waals surface area contributed by atoms with Crippen LogP contribution in [-0.2, 0) is 11.3 Å². The lowest BCUT2D eigenvalue weighted by atomic mass is 9.74. The number of amides is 1. The summed E-state index contributed by atoms with van der Waals surface area (Å²) in [5.41, 5.74) is 5.88. The first-order valence-electron chi connectivity index (χ1n) is 6.28. The molecule has 1 aromatic rings. The zero-order valence-electron chi connectivity index (χ0n) is 10.5. The zero-order valence-corrected chi connectivity index (χ0v) is 12.9. The smallest absolute Gasteiger partial charge is 0.225 e. The minimum absolute atomic E-state index is 0.0466. The zero-order chi connectivity index (χ0) is 13.2. The van der Waals surface area contributed by atoms with Gasteiger partial charge in [0.15, 0.2) is 0 Å². The summed E-state index contributed by atoms with van der Waals surface area (Å²) in [6.45, 7) is 2.60. The van der Waals surface area contributed by atoms with Gasteiger partial charge >= 0.3 is 0 Å². The number of nitrogens with two attached hydrogens (primary N) is 1. The minimum atomic E-state index is -0.349. The predicted octanol–water partition coefficient (Wildman–Crippen LogP) is 3.03. The first kappa shape index (κ1) is 14.0. The van der Waals surface area contributed by atoms with Crippen molar-refractivity contribution in [3.8, 4) is 0 Å². The molecule has 0 bridgehead atoms. The van der Waals surface area contributed by atoms with E-state index in [0.29, 0.717) is 6.54 Å². The molecule has 0 spiro atoms. The third kappa shape index (κ3) is 3.33. The second-order valence-corrected chi connectivity index (χ2v) is 7.16. The fourth-order valence-corrected chi connectivity index (χ4v) is 3.92. The van der Waals surface area contributed by atoms with Crippen molar-refractivity contribution in [2.45, 2.75) is 44.7 Å². The van der Waals surface area contributed by atoms with Crippen LogP contribution >= 0.6 is 27.3 Å². The Hall–Kier alpha value is -0.390. The molecule has 1 aliphatic carbocycles. The van der Waals surface area contributed by atoms with Gasteiger partial charge in [0, 0.05) is 20.3 Å². The van der Waals surface area contributed by atoms with Gasteiger partial charge in [0.1, 0.15) is 0 Å². The maximum atomic E-state index is 12.2. The van der Waals surface area contributed by atoms with Gasteiger partial charge < -0.3 is 11.1 Å². The highest BCUT2D eigenvalue weighted by molar-refractivity contribution is 9.10. The molecule has 100 valence electrons. The molecule has 18 heavy (non-hydrogen) atoms. The summed E-state index contributed by atoms with van der Waals surface area (Å²) in [7, 11) is 0. The van der Waals surface area contributed by atoms with Crippen LogP contribution in [0.5, 0.6) is 0 Å². The van der Waals surface area contributed by atoms with Gasteiger partial charge in [-0.1, -0.05) is 12.8 Å². The van der Waals surface area contributed by atoms with E-state index in [1.807, 2.05) is 18.4 Å². The molecule has 2 atom stereocenters. The molecule has 1 aromatic heterocycles. The van der Waals surface area contributed by atoms with Crippen LogP contribution in [0, 0.1) is 5.92 Å². The summed E-state index contributed by atoms with van der Waals surface area (Å²) in [6, 6.07) is 2.04. The molecule has 2 rings (SSSR count). The lowest BCUT2D eigenvalue weighted by Gasteiger charge is -2.37. The van der Waals surface area contributed by atoms with E-state index in [0.717, 1.165) is 35.0 Å². The van der Waals surface area contributed by atoms with E-state index in [9.17, 15) is 4.79 Å². The molecule has 0 aromatic carbocycles. The van der Waals surface area contributed by atoms with Gasteiger partial charge in [0.2, 0.25) is 5.91 Å². The number of halogens is 1. The van der Waals surface area contributed by atoms with Crippen LogP contribution in [0.15, 0.2) is 15.9 Å². The summed E-state index contributed by atoms with van der Waals surface area (Å²) >= 11 is 5.06. The molecule has 1 heterocycles. The number of nitrogens with one attached hydrogen (secondary N) is 1. The lowest BCUT2D eigenvalue weighted by molar-refractivity contribution is -0.128. The molecule has 1 amide bonds. The Morgan fingerprint density at radius 2 is 2.44 bits per heavy atom. The Labute approximate surface area is 120 Å². The average Bonchev–Trinajstić information content (AvgIpc) is 2.71. The molecule has 1 saturated carbocycles. The summed E-state index contributed by atoms with van der Waals surface area (Å²) < 4.78 is 1.07. The summed E-state index contributed by atoms with van der Waals surface area (Å²) in [6.07, 6.45) is 4.09. The van der Waals surface area contributed by atoms with E-state index in [-0.39, 0.29) is 17.4 Å². The monoisotopic (exact) mass is 330 g/mol. The van der Waals surface area contributed by atoms with Crippen molar-refractivity contribution >= 4 is 33.2 Å². The van der Waals surface area contributed by atoms with E-state index >= 15 is 0 Å². The third-order valence-corrected chi connectivity index (χ3v) is 5.33. The molecule has 1 fully saturated rings. The summed E-state index contributed by atoms with van der Waals surface area (Å²) in [5.74, 6) is 0.0545. The van der Waals surface area contributed by atoms with E-state index in [1.165, 1.54) is 0 Å². The molecule has 2 unspecified atom stereocenters. The molecule has 0 aliphatic heterocycles. The van der Waals surface area contributed by atoms with Crippen LogP contribution in [0.3, 0.4) is 0 Å². The van der Waals surface area contributed by atoms with Crippen LogP contribution in [-0.4, -0.2) is 11.4 Å². The largest absolute Gasteiger partial charge is 0.351 e. The Kier molecular flexibility index (Phi) is 4.45. The van der Waals surface area contributed by atoms with Gasteiger partial charge in [-0.3, -0.25) is 4.79 Å². The van der Waals surface area contributed by atoms with Gasteiger partial charge in [-0.15, -0.1) is 11.3 Å². The number of hydrogen-bond donors (Lipinski definition) is 2. The van der Waals surface area contributed by atoms with Crippen molar-refractivity contribution in [2.75, 3.05) is 0 Å². The van der Waals surface area contributed by atoms with Crippen LogP contribution in [0.1, 0.15) is 37.5 Å². The Morgan fingerprint density at radius 1 is 1.67 bits per heavy atom. The quantitative estimate of drug-likeness (QED) is 0.894. The molecular weight excluding hydrogens is 312 g/mol. The van der Waals surface area contributed by atoms with Gasteiger partial charge in [-0.25, -0.2) is 0 Å². The number of carbonyl (C=O) groups is 1. The molecule has 0 radical (unpaired) electrons. The highest BCUT2D eigenvalue weighted by Gasteiger charge is 2.37. The Morgan fingerprint density at radius 3 is 3.06 bits per heavy atom. The van der Waals surface area contributed by atoms with Crippen LogP contribution in [0.25, 0.3) is 0 Å². The number of hydrogen-bond acceptors (Lipinski definition) is 3. The van der Waals surface area contributed by atoms with Crippen molar-refractivity contribution in [1.29, 1.82) is 0 Å². The van der Waals surface area contributed by atoms with Gasteiger partial charge in [0.05, 0.1) is 12.5 Å². The second-order valence-electron chi connectivity index (χ2n) is 5.25. The third-order valence-electron chi connectivity index (χ3n) is 3.63. The van der Waals surface area contributed by atoms with Crippen molar-refractivity contribution in [1.82, 2.24) is 5.32 Å². The van der Waals surface area contributed by atoms with E-state index < -0.39 is 0 Å². The summed E-state index contributed by atoms with van der Waals surface area (Å²) in [4.78, 5) is 13.4. The maximum Gasteiger partial charge on any atom is 0.225 e. The fourth-order valence-electron chi connectivity index (χ4n) is 2.53. The van der Waals surface area contributed by atoms with Gasteiger partial charge in [-0.05, 0) is 41.8 Å². The Balaban J connectivity index is 1.91. The summed E-state index contributed by atoms with van der Waals surface area (Å²) in [5, 5.41) is 5.03. The fraction of sp³-hybridized carbons (Fsp3) is 0.615. The van der Waals surface area contributed by atoms with E-state index in [1.54, 1.807) is 11.3 Å². The van der Waals surface area contributed by atoms with Crippen LogP contribution < -0.4 is 11.1 Å². The maximum absolute atomic E-state index is 12.2. The topological polar surface area (TPSA) is 55.1 Å². The number of rotatable bonds is 3. The standard InChI is InChI=1S/C13H19BrN2OS/c1-13(15)5-3-2-4-11(13)12(17)16-7-10-6-9(14)8-18-10/h6,8,11H,2-5,7,15H2,1H3,(H,16,17). The second kappa shape index (κ2) is 5.72. The highest BCUT2D eigenvalue weighted by Crippen LogP contribution is 2.31. The normalized spacial score (nSPS) is 28.1. The van der Waals surface area contributed by atoms with Gasteiger partial charge in [-0.2, -0.15) is 0 Å². The van der Waals surface area contributed by atoms with E-state index in [2.05, 4.69) is 21.2 Å². The van der Waals surface area contributed by atoms with Gasteiger partial charge in [0.25, 0.3) is 0 Å². The first-order valence-corrected chi connectivity index (χ1v) is 7.96. The first-order chi connectivity index (χ1) is 8.49. The molecule has 0 saturated heterocycles. The highest BCUT2D eigenvalue weighted by atomic mass is 79.9. The molecule has 5 heteroatoms. The Bertz CT molecular complexity index is 430. The van der Waals surface area contributed by atoms with Crippen molar-refractivity contribution < 1.29 is 4.79 Å². The molecule has 1 aliphatic rings. The molecule has 3 N–H and O–H groups in total. The van der Waals surface area contributed by atoms with E-state index in [4.69, 9.17) is 5.73 Å². The van der Waals surface area contributed by atoms with Crippen molar-refractivity contribution in [2.24, 2.45) is 11.7 Å². The van der Waals surface area contributed by atoms with Crippen LogP contribution in [0.4, 0.5) is 0 Å². The van der Waals surface area contributed by atoms with Crippen molar-refractivity contribution in [3.63, 3.8) is 0 Å². The lowest BCUT2D eigenvalue weighted by Crippen LogP contribution is -2.52. The average molecular weight is 331 g/mol. The predicted molar refractivity (Wildman–Crippen MR) is 78.4 cm³/mol. The van der Waals surface area contributed by atoms with Crippen molar-refractivity contribution in [3.05, 3.63) is 20.8 Å². The van der Waals surface area contributed by atoms with Crippen LogP contribution in [0.2, 0.25) is 0 Å². The number of carbonyl (C=O) groups excluding carboxylic acids is 1. The molecular formula is C13H19BrN2OS. The SMILES string of the molecule is CC1(N)CCCCC1C(=O)NCc1cc(Br)cs1. The number of thiophene rings is 1. The minimum Gasteiger partial charge on any atom is -0.351 e. The molecule has 3 nitrogen and oxygen atoms in total.